The van der Waals surface area contributed by atoms with Gasteiger partial charge in [0.2, 0.25) is 0 Å². The number of carboxylic acids is 1. The van der Waals surface area contributed by atoms with Gasteiger partial charge in [-0.3, -0.25) is 9.59 Å². The Hall–Kier alpha value is -2.63. The van der Waals surface area contributed by atoms with E-state index in [-0.39, 0.29) is 12.2 Å². The largest absolute Gasteiger partial charge is 0.481 e. The summed E-state index contributed by atoms with van der Waals surface area (Å²) >= 11 is 0. The maximum Gasteiger partial charge on any atom is 0.312 e. The first-order valence-corrected chi connectivity index (χ1v) is 5.65. The number of rotatable bonds is 5. The second-order valence-electron chi connectivity index (χ2n) is 3.90. The zero-order chi connectivity index (χ0) is 13.7. The molecular formula is C13H12N2O4. The lowest BCUT2D eigenvalue weighted by Gasteiger charge is -2.13. The van der Waals surface area contributed by atoms with Crippen LogP contribution in [0.25, 0.3) is 0 Å². The molecule has 1 atom stereocenters. The van der Waals surface area contributed by atoms with Crippen molar-refractivity contribution in [3.8, 4) is 0 Å². The van der Waals surface area contributed by atoms with E-state index in [1.54, 1.807) is 30.3 Å². The van der Waals surface area contributed by atoms with Gasteiger partial charge in [0.05, 0.1) is 5.92 Å². The fourth-order valence-corrected chi connectivity index (χ4v) is 1.65. The molecule has 0 fully saturated rings. The standard InChI is InChI=1S/C13H12N2O4/c16-12(11-6-7-19-15-11)14-8-10(13(17)18)9-4-2-1-3-5-9/h1-7,10H,8H2,(H,14,16)(H,17,18). The molecule has 0 saturated carbocycles. The van der Waals surface area contributed by atoms with E-state index >= 15 is 0 Å². The summed E-state index contributed by atoms with van der Waals surface area (Å²) in [6.45, 7) is -0.00889. The Morgan fingerprint density at radius 2 is 2.00 bits per heavy atom. The Bertz CT molecular complexity index is 551. The van der Waals surface area contributed by atoms with Crippen LogP contribution in [0.5, 0.6) is 0 Å². The fraction of sp³-hybridized carbons (Fsp3) is 0.154. The molecule has 2 rings (SSSR count). The number of benzene rings is 1. The van der Waals surface area contributed by atoms with Crippen LogP contribution < -0.4 is 5.32 Å². The van der Waals surface area contributed by atoms with Gasteiger partial charge in [-0.1, -0.05) is 35.5 Å². The lowest BCUT2D eigenvalue weighted by atomic mass is 9.99. The Balaban J connectivity index is 2.03. The summed E-state index contributed by atoms with van der Waals surface area (Å²) in [6.07, 6.45) is 1.28. The monoisotopic (exact) mass is 260 g/mol. The predicted molar refractivity (Wildman–Crippen MR) is 65.7 cm³/mol. The van der Waals surface area contributed by atoms with Crippen molar-refractivity contribution < 1.29 is 19.2 Å². The first-order chi connectivity index (χ1) is 9.18. The van der Waals surface area contributed by atoms with Gasteiger partial charge in [0.25, 0.3) is 5.91 Å². The highest BCUT2D eigenvalue weighted by Crippen LogP contribution is 2.14. The van der Waals surface area contributed by atoms with E-state index in [0.29, 0.717) is 5.56 Å². The van der Waals surface area contributed by atoms with Crippen LogP contribution in [0.15, 0.2) is 47.2 Å². The molecule has 0 spiro atoms. The normalized spacial score (nSPS) is 11.8. The number of carboxylic acid groups (broad SMARTS) is 1. The van der Waals surface area contributed by atoms with Gasteiger partial charge in [-0.15, -0.1) is 0 Å². The van der Waals surface area contributed by atoms with E-state index in [1.807, 2.05) is 0 Å². The highest BCUT2D eigenvalue weighted by molar-refractivity contribution is 5.92. The molecule has 6 heteroatoms. The molecule has 0 aliphatic rings. The van der Waals surface area contributed by atoms with Gasteiger partial charge in [-0.05, 0) is 5.56 Å². The number of hydrogen-bond donors (Lipinski definition) is 2. The molecule has 1 aromatic carbocycles. The van der Waals surface area contributed by atoms with Crippen molar-refractivity contribution in [1.29, 1.82) is 0 Å². The van der Waals surface area contributed by atoms with Crippen LogP contribution in [-0.4, -0.2) is 28.7 Å². The van der Waals surface area contributed by atoms with E-state index in [4.69, 9.17) is 0 Å². The molecule has 0 saturated heterocycles. The second-order valence-corrected chi connectivity index (χ2v) is 3.90. The Kier molecular flexibility index (Phi) is 3.92. The van der Waals surface area contributed by atoms with Crippen molar-refractivity contribution in [3.63, 3.8) is 0 Å². The summed E-state index contributed by atoms with van der Waals surface area (Å²) in [5.74, 6) is -2.25. The molecule has 2 aromatic rings. The smallest absolute Gasteiger partial charge is 0.312 e. The fourth-order valence-electron chi connectivity index (χ4n) is 1.65. The van der Waals surface area contributed by atoms with Gasteiger partial charge in [0.1, 0.15) is 6.26 Å². The summed E-state index contributed by atoms with van der Waals surface area (Å²) < 4.78 is 4.55. The third kappa shape index (κ3) is 3.19. The van der Waals surface area contributed by atoms with Gasteiger partial charge in [-0.2, -0.15) is 0 Å². The molecule has 1 aromatic heterocycles. The molecule has 6 nitrogen and oxygen atoms in total. The summed E-state index contributed by atoms with van der Waals surface area (Å²) in [5.41, 5.74) is 0.757. The number of aromatic nitrogens is 1. The zero-order valence-corrected chi connectivity index (χ0v) is 9.95. The predicted octanol–water partition coefficient (Wildman–Crippen LogP) is 1.27. The van der Waals surface area contributed by atoms with Crippen LogP contribution in [0.1, 0.15) is 22.0 Å². The van der Waals surface area contributed by atoms with Crippen molar-refractivity contribution in [2.45, 2.75) is 5.92 Å². The first-order valence-electron chi connectivity index (χ1n) is 5.65. The third-order valence-corrected chi connectivity index (χ3v) is 2.64. The average molecular weight is 260 g/mol. The molecule has 0 radical (unpaired) electrons. The van der Waals surface area contributed by atoms with Crippen molar-refractivity contribution in [2.24, 2.45) is 0 Å². The SMILES string of the molecule is O=C(NCC(C(=O)O)c1ccccc1)c1ccon1. The van der Waals surface area contributed by atoms with Crippen LogP contribution in [0.3, 0.4) is 0 Å². The van der Waals surface area contributed by atoms with Gasteiger partial charge >= 0.3 is 5.97 Å². The number of carbonyl (C=O) groups excluding carboxylic acids is 1. The third-order valence-electron chi connectivity index (χ3n) is 2.64. The number of nitrogens with one attached hydrogen (secondary N) is 1. The Morgan fingerprint density at radius 1 is 1.26 bits per heavy atom. The highest BCUT2D eigenvalue weighted by Gasteiger charge is 2.21. The molecule has 1 unspecified atom stereocenters. The molecule has 2 N–H and O–H groups in total. The lowest BCUT2D eigenvalue weighted by molar-refractivity contribution is -0.138. The van der Waals surface area contributed by atoms with Gasteiger partial charge in [0, 0.05) is 12.6 Å². The number of carbonyl (C=O) groups is 2. The molecule has 1 heterocycles. The minimum Gasteiger partial charge on any atom is -0.481 e. The van der Waals surface area contributed by atoms with Crippen LogP contribution in [0.4, 0.5) is 0 Å². The maximum atomic E-state index is 11.6. The van der Waals surface area contributed by atoms with E-state index in [9.17, 15) is 14.7 Å². The minimum atomic E-state index is -0.994. The number of hydrogen-bond acceptors (Lipinski definition) is 4. The van der Waals surface area contributed by atoms with Crippen molar-refractivity contribution in [3.05, 3.63) is 53.9 Å². The molecule has 98 valence electrons. The highest BCUT2D eigenvalue weighted by atomic mass is 16.5. The summed E-state index contributed by atoms with van der Waals surface area (Å²) in [7, 11) is 0. The van der Waals surface area contributed by atoms with Crippen molar-refractivity contribution in [1.82, 2.24) is 10.5 Å². The molecule has 0 bridgehead atoms. The summed E-state index contributed by atoms with van der Waals surface area (Å²) in [4.78, 5) is 22.9. The Morgan fingerprint density at radius 3 is 2.58 bits per heavy atom. The lowest BCUT2D eigenvalue weighted by Crippen LogP contribution is -2.31. The summed E-state index contributed by atoms with van der Waals surface area (Å²) in [5, 5.41) is 15.2. The van der Waals surface area contributed by atoms with E-state index in [1.165, 1.54) is 12.3 Å². The number of aliphatic carboxylic acids is 1. The van der Waals surface area contributed by atoms with Gasteiger partial charge < -0.3 is 14.9 Å². The van der Waals surface area contributed by atoms with Gasteiger partial charge in [0.15, 0.2) is 5.69 Å². The molecule has 0 aliphatic carbocycles. The molecule has 0 aliphatic heterocycles. The van der Waals surface area contributed by atoms with Crippen LogP contribution >= 0.6 is 0 Å². The van der Waals surface area contributed by atoms with E-state index in [0.717, 1.165) is 0 Å². The first kappa shape index (κ1) is 12.8. The summed E-state index contributed by atoms with van der Waals surface area (Å²) in [6, 6.07) is 10.1. The molecular weight excluding hydrogens is 248 g/mol. The topological polar surface area (TPSA) is 92.4 Å². The van der Waals surface area contributed by atoms with Gasteiger partial charge in [-0.25, -0.2) is 0 Å². The number of nitrogens with zero attached hydrogens (tertiary/aromatic N) is 1. The van der Waals surface area contributed by atoms with Crippen molar-refractivity contribution >= 4 is 11.9 Å². The molecule has 19 heavy (non-hydrogen) atoms. The Labute approximate surface area is 109 Å². The minimum absolute atomic E-state index is 0.00889. The van der Waals surface area contributed by atoms with Crippen molar-refractivity contribution in [2.75, 3.05) is 6.54 Å². The number of amides is 1. The zero-order valence-electron chi connectivity index (χ0n) is 9.95. The van der Waals surface area contributed by atoms with Crippen LogP contribution in [0, 0.1) is 0 Å². The quantitative estimate of drug-likeness (QED) is 0.844. The molecule has 1 amide bonds. The average Bonchev–Trinajstić information content (AvgIpc) is 2.93. The van der Waals surface area contributed by atoms with E-state index < -0.39 is 17.8 Å². The maximum absolute atomic E-state index is 11.6. The second kappa shape index (κ2) is 5.81. The van der Waals surface area contributed by atoms with Crippen LogP contribution in [-0.2, 0) is 4.79 Å². The van der Waals surface area contributed by atoms with Crippen LogP contribution in [0.2, 0.25) is 0 Å². The van der Waals surface area contributed by atoms with E-state index in [2.05, 4.69) is 15.0 Å².